The Labute approximate surface area is 165 Å². The van der Waals surface area contributed by atoms with Gasteiger partial charge in [0.1, 0.15) is 5.69 Å². The highest BCUT2D eigenvalue weighted by Crippen LogP contribution is 2.15. The van der Waals surface area contributed by atoms with Gasteiger partial charge in [0.15, 0.2) is 0 Å². The monoisotopic (exact) mass is 389 g/mol. The van der Waals surface area contributed by atoms with E-state index in [1.54, 1.807) is 0 Å². The maximum absolute atomic E-state index is 12.8. The van der Waals surface area contributed by atoms with Crippen molar-refractivity contribution in [1.82, 2.24) is 14.6 Å². The predicted octanol–water partition coefficient (Wildman–Crippen LogP) is 2.77. The molecule has 4 aromatic rings. The minimum atomic E-state index is -0.391. The Hall–Kier alpha value is -3.12. The average molecular weight is 389 g/mol. The Morgan fingerprint density at radius 1 is 1.04 bits per heavy atom. The van der Waals surface area contributed by atoms with Crippen LogP contribution in [0.15, 0.2) is 64.2 Å². The lowest BCUT2D eigenvalue weighted by Gasteiger charge is -2.04. The Morgan fingerprint density at radius 2 is 1.75 bits per heavy atom. The zero-order chi connectivity index (χ0) is 19.7. The number of rotatable bonds is 4. The van der Waals surface area contributed by atoms with Crippen LogP contribution in [0.3, 0.4) is 0 Å². The van der Waals surface area contributed by atoms with E-state index in [2.05, 4.69) is 36.1 Å². The Balaban J connectivity index is 1.76. The molecule has 0 radical (unpaired) electrons. The van der Waals surface area contributed by atoms with Crippen LogP contribution in [-0.4, -0.2) is 14.6 Å². The summed E-state index contributed by atoms with van der Waals surface area (Å²) in [5, 5.41) is 4.29. The fraction of sp³-hybridized carbons (Fsp3) is 0.182. The van der Waals surface area contributed by atoms with E-state index in [4.69, 9.17) is 0 Å². The minimum Gasteiger partial charge on any atom is -0.266 e. The molecule has 0 unspecified atom stereocenters. The molecule has 0 amide bonds. The molecular formula is C22H19N3O2S. The summed E-state index contributed by atoms with van der Waals surface area (Å²) in [5.41, 5.74) is 2.75. The van der Waals surface area contributed by atoms with Gasteiger partial charge in [-0.3, -0.25) is 9.59 Å². The van der Waals surface area contributed by atoms with Crippen LogP contribution in [0, 0.1) is 0 Å². The zero-order valence-electron chi connectivity index (χ0n) is 15.6. The van der Waals surface area contributed by atoms with Gasteiger partial charge in [-0.1, -0.05) is 79.8 Å². The van der Waals surface area contributed by atoms with Gasteiger partial charge in [0.25, 0.3) is 11.1 Å². The van der Waals surface area contributed by atoms with Crippen molar-refractivity contribution < 1.29 is 0 Å². The van der Waals surface area contributed by atoms with E-state index in [1.165, 1.54) is 21.4 Å². The quantitative estimate of drug-likeness (QED) is 0.538. The molecule has 0 aliphatic carbocycles. The fourth-order valence-corrected chi connectivity index (χ4v) is 3.87. The lowest BCUT2D eigenvalue weighted by molar-refractivity contribution is 0.811. The van der Waals surface area contributed by atoms with Gasteiger partial charge >= 0.3 is 0 Å². The molecule has 2 aromatic heterocycles. The standard InChI is InChI=1S/C22H19N3O2S/c1-14(2)17-10-8-16(9-11-17)13-19-21(27)25-22(28-19)23-20(26)18(24-25)12-15-6-4-3-5-7-15/h3-11,13-14H,12H2,1-2H3/b19-13-. The third-order valence-corrected chi connectivity index (χ3v) is 5.52. The van der Waals surface area contributed by atoms with Gasteiger partial charge < -0.3 is 0 Å². The van der Waals surface area contributed by atoms with Gasteiger partial charge in [-0.05, 0) is 28.7 Å². The summed E-state index contributed by atoms with van der Waals surface area (Å²) in [7, 11) is 0. The van der Waals surface area contributed by atoms with E-state index in [0.29, 0.717) is 21.8 Å². The number of thiazole rings is 1. The summed E-state index contributed by atoms with van der Waals surface area (Å²) in [6.07, 6.45) is 2.16. The molecule has 0 aliphatic rings. The van der Waals surface area contributed by atoms with Crippen molar-refractivity contribution >= 4 is 22.4 Å². The molecular weight excluding hydrogens is 370 g/mol. The first-order chi connectivity index (χ1) is 13.5. The highest BCUT2D eigenvalue weighted by molar-refractivity contribution is 7.15. The smallest absolute Gasteiger partial charge is 0.266 e. The van der Waals surface area contributed by atoms with Gasteiger partial charge in [0.2, 0.25) is 4.96 Å². The summed E-state index contributed by atoms with van der Waals surface area (Å²) in [4.78, 5) is 29.5. The third kappa shape index (κ3) is 3.64. The Kier molecular flexibility index (Phi) is 4.88. The van der Waals surface area contributed by atoms with Crippen LogP contribution in [0.2, 0.25) is 0 Å². The van der Waals surface area contributed by atoms with E-state index >= 15 is 0 Å². The Bertz CT molecular complexity index is 1290. The molecule has 0 N–H and O–H groups in total. The first-order valence-corrected chi connectivity index (χ1v) is 9.91. The maximum atomic E-state index is 12.8. The summed E-state index contributed by atoms with van der Waals surface area (Å²) < 4.78 is 1.74. The van der Waals surface area contributed by atoms with Crippen molar-refractivity contribution in [3.63, 3.8) is 0 Å². The van der Waals surface area contributed by atoms with Crippen LogP contribution in [0.5, 0.6) is 0 Å². The first kappa shape index (κ1) is 18.3. The second-order valence-corrected chi connectivity index (χ2v) is 7.97. The number of hydrogen-bond donors (Lipinski definition) is 0. The van der Waals surface area contributed by atoms with Gasteiger partial charge in [-0.25, -0.2) is 0 Å². The molecule has 4 rings (SSSR count). The molecule has 2 heterocycles. The number of aromatic nitrogens is 3. The zero-order valence-corrected chi connectivity index (χ0v) is 16.4. The number of benzene rings is 2. The predicted molar refractivity (Wildman–Crippen MR) is 112 cm³/mol. The highest BCUT2D eigenvalue weighted by Gasteiger charge is 2.11. The molecule has 0 saturated carbocycles. The SMILES string of the molecule is CC(C)c1ccc(/C=c2\sc3nc(=O)c(Cc4ccccc4)nn3c2=O)cc1. The fourth-order valence-electron chi connectivity index (χ4n) is 2.97. The van der Waals surface area contributed by atoms with Gasteiger partial charge in [-0.15, -0.1) is 0 Å². The number of fused-ring (bicyclic) bond motifs is 1. The van der Waals surface area contributed by atoms with Crippen molar-refractivity contribution in [3.05, 3.63) is 102 Å². The van der Waals surface area contributed by atoms with E-state index in [1.807, 2.05) is 48.5 Å². The molecule has 5 nitrogen and oxygen atoms in total. The molecule has 0 aliphatic heterocycles. The molecule has 0 bridgehead atoms. The molecule has 0 saturated heterocycles. The molecule has 0 atom stereocenters. The van der Waals surface area contributed by atoms with Crippen LogP contribution in [-0.2, 0) is 6.42 Å². The second-order valence-electron chi connectivity index (χ2n) is 6.96. The number of nitrogens with zero attached hydrogens (tertiary/aromatic N) is 3. The normalized spacial score (nSPS) is 12.2. The molecule has 0 spiro atoms. The van der Waals surface area contributed by atoms with Crippen LogP contribution < -0.4 is 15.7 Å². The van der Waals surface area contributed by atoms with Gasteiger partial charge in [0, 0.05) is 6.42 Å². The van der Waals surface area contributed by atoms with E-state index in [-0.39, 0.29) is 11.3 Å². The largest absolute Gasteiger partial charge is 0.296 e. The van der Waals surface area contributed by atoms with E-state index < -0.39 is 5.56 Å². The van der Waals surface area contributed by atoms with Crippen molar-refractivity contribution in [3.8, 4) is 0 Å². The van der Waals surface area contributed by atoms with E-state index in [0.717, 1.165) is 11.1 Å². The van der Waals surface area contributed by atoms with Crippen molar-refractivity contribution in [2.45, 2.75) is 26.2 Å². The molecule has 2 aromatic carbocycles. The van der Waals surface area contributed by atoms with Crippen molar-refractivity contribution in [1.29, 1.82) is 0 Å². The first-order valence-electron chi connectivity index (χ1n) is 9.09. The maximum Gasteiger partial charge on any atom is 0.296 e. The van der Waals surface area contributed by atoms with Crippen molar-refractivity contribution in [2.24, 2.45) is 0 Å². The van der Waals surface area contributed by atoms with Crippen LogP contribution in [0.4, 0.5) is 0 Å². The lowest BCUT2D eigenvalue weighted by Crippen LogP contribution is -2.28. The third-order valence-electron chi connectivity index (χ3n) is 4.57. The van der Waals surface area contributed by atoms with Crippen LogP contribution >= 0.6 is 11.3 Å². The summed E-state index contributed by atoms with van der Waals surface area (Å²) >= 11 is 1.18. The summed E-state index contributed by atoms with van der Waals surface area (Å²) in [6.45, 7) is 4.28. The molecule has 6 heteroatoms. The van der Waals surface area contributed by atoms with E-state index in [9.17, 15) is 9.59 Å². The topological polar surface area (TPSA) is 64.3 Å². The average Bonchev–Trinajstić information content (AvgIpc) is 2.98. The summed E-state index contributed by atoms with van der Waals surface area (Å²) in [5.74, 6) is 0.455. The van der Waals surface area contributed by atoms with Crippen LogP contribution in [0.1, 0.15) is 42.1 Å². The molecule has 28 heavy (non-hydrogen) atoms. The van der Waals surface area contributed by atoms with Gasteiger partial charge in [0.05, 0.1) is 4.53 Å². The lowest BCUT2D eigenvalue weighted by atomic mass is 10.0. The van der Waals surface area contributed by atoms with Gasteiger partial charge in [-0.2, -0.15) is 14.6 Å². The van der Waals surface area contributed by atoms with Crippen molar-refractivity contribution in [2.75, 3.05) is 0 Å². The molecule has 0 fully saturated rings. The highest BCUT2D eigenvalue weighted by atomic mass is 32.1. The summed E-state index contributed by atoms with van der Waals surface area (Å²) in [6, 6.07) is 17.7. The Morgan fingerprint density at radius 3 is 2.43 bits per heavy atom. The molecule has 140 valence electrons. The van der Waals surface area contributed by atoms with Crippen LogP contribution in [0.25, 0.3) is 11.0 Å². The number of hydrogen-bond acceptors (Lipinski definition) is 5. The minimum absolute atomic E-state index is 0.255. The second kappa shape index (κ2) is 7.48.